The highest BCUT2D eigenvalue weighted by Crippen LogP contribution is 2.06. The zero-order valence-corrected chi connectivity index (χ0v) is 12.4. The maximum atomic E-state index is 11.3. The summed E-state index contributed by atoms with van der Waals surface area (Å²) in [6, 6.07) is 0.489. The Labute approximate surface area is 109 Å². The molecule has 0 spiro atoms. The van der Waals surface area contributed by atoms with Crippen LogP contribution in [0, 0.1) is 0 Å². The Morgan fingerprint density at radius 3 is 2.53 bits per heavy atom. The maximum absolute atomic E-state index is 11.3. The van der Waals surface area contributed by atoms with Crippen molar-refractivity contribution in [2.75, 3.05) is 25.1 Å². The first-order valence-corrected chi connectivity index (χ1v) is 7.43. The lowest BCUT2D eigenvalue weighted by Crippen LogP contribution is -2.38. The Bertz CT molecular complexity index is 217. The van der Waals surface area contributed by atoms with E-state index in [4.69, 9.17) is 4.74 Å². The molecule has 0 aromatic carbocycles. The number of rotatable bonds is 7. The molecule has 0 aliphatic carbocycles. The van der Waals surface area contributed by atoms with Crippen molar-refractivity contribution in [3.63, 3.8) is 0 Å². The molecule has 0 radical (unpaired) electrons. The van der Waals surface area contributed by atoms with E-state index in [1.165, 1.54) is 0 Å². The molecule has 0 aliphatic rings. The van der Waals surface area contributed by atoms with Crippen LogP contribution in [0.2, 0.25) is 0 Å². The molecule has 0 aliphatic heterocycles. The van der Waals surface area contributed by atoms with Crippen LogP contribution in [-0.2, 0) is 4.74 Å². The zero-order chi connectivity index (χ0) is 13.3. The van der Waals surface area contributed by atoms with Gasteiger partial charge in [-0.15, -0.1) is 0 Å². The van der Waals surface area contributed by atoms with Crippen LogP contribution < -0.4 is 10.6 Å². The average molecular weight is 262 g/mol. The highest BCUT2D eigenvalue weighted by Gasteiger charge is 2.15. The minimum absolute atomic E-state index is 0.351. The summed E-state index contributed by atoms with van der Waals surface area (Å²) in [4.78, 5) is 11.3. The van der Waals surface area contributed by atoms with E-state index in [0.717, 1.165) is 18.7 Å². The van der Waals surface area contributed by atoms with Crippen molar-refractivity contribution in [3.8, 4) is 0 Å². The van der Waals surface area contributed by atoms with Crippen molar-refractivity contribution in [1.29, 1.82) is 0 Å². The molecule has 0 saturated carbocycles. The fourth-order valence-corrected chi connectivity index (χ4v) is 1.78. The van der Waals surface area contributed by atoms with Crippen LogP contribution >= 0.6 is 11.8 Å². The van der Waals surface area contributed by atoms with Crippen molar-refractivity contribution in [1.82, 2.24) is 10.6 Å². The lowest BCUT2D eigenvalue weighted by Gasteiger charge is -2.20. The molecule has 1 amide bonds. The largest absolute Gasteiger partial charge is 0.444 e. The second kappa shape index (κ2) is 8.64. The summed E-state index contributed by atoms with van der Waals surface area (Å²) in [5.41, 5.74) is -0.427. The van der Waals surface area contributed by atoms with Gasteiger partial charge in [0.25, 0.3) is 0 Å². The van der Waals surface area contributed by atoms with E-state index in [-0.39, 0.29) is 6.09 Å². The van der Waals surface area contributed by atoms with Crippen LogP contribution in [0.3, 0.4) is 0 Å². The third-order valence-electron chi connectivity index (χ3n) is 2.04. The van der Waals surface area contributed by atoms with Gasteiger partial charge in [0.1, 0.15) is 5.60 Å². The van der Waals surface area contributed by atoms with Crippen LogP contribution in [0.5, 0.6) is 0 Å². The second-order valence-corrected chi connectivity index (χ2v) is 6.05. The molecule has 1 unspecified atom stereocenters. The van der Waals surface area contributed by atoms with E-state index < -0.39 is 5.60 Å². The minimum atomic E-state index is -0.427. The highest BCUT2D eigenvalue weighted by atomic mass is 32.2. The first kappa shape index (κ1) is 16.6. The Morgan fingerprint density at radius 2 is 2.00 bits per heavy atom. The van der Waals surface area contributed by atoms with E-state index in [2.05, 4.69) is 23.8 Å². The van der Waals surface area contributed by atoms with Crippen molar-refractivity contribution in [2.45, 2.75) is 45.8 Å². The predicted octanol–water partition coefficient (Wildman–Crippen LogP) is 2.24. The van der Waals surface area contributed by atoms with Gasteiger partial charge in [0.05, 0.1) is 0 Å². The quantitative estimate of drug-likeness (QED) is 0.691. The van der Waals surface area contributed by atoms with Crippen LogP contribution in [0.25, 0.3) is 0 Å². The molecule has 0 fully saturated rings. The van der Waals surface area contributed by atoms with Gasteiger partial charge in [-0.1, -0.05) is 0 Å². The highest BCUT2D eigenvalue weighted by molar-refractivity contribution is 7.98. The molecule has 0 aromatic rings. The summed E-state index contributed by atoms with van der Waals surface area (Å²) in [5, 5.41) is 6.07. The molecule has 5 heteroatoms. The first-order valence-electron chi connectivity index (χ1n) is 6.04. The molecule has 0 saturated heterocycles. The summed E-state index contributed by atoms with van der Waals surface area (Å²) in [5.74, 6) is 1.16. The first-order chi connectivity index (χ1) is 7.85. The van der Waals surface area contributed by atoms with E-state index in [9.17, 15) is 4.79 Å². The number of hydrogen-bond donors (Lipinski definition) is 2. The van der Waals surface area contributed by atoms with Gasteiger partial charge in [0.15, 0.2) is 0 Å². The SMILES string of the molecule is CSCCC(C)NCCNC(=O)OC(C)(C)C. The lowest BCUT2D eigenvalue weighted by atomic mass is 10.2. The molecule has 0 aromatic heterocycles. The summed E-state index contributed by atoms with van der Waals surface area (Å²) < 4.78 is 5.13. The molecular weight excluding hydrogens is 236 g/mol. The molecule has 102 valence electrons. The van der Waals surface area contributed by atoms with E-state index >= 15 is 0 Å². The monoisotopic (exact) mass is 262 g/mol. The maximum Gasteiger partial charge on any atom is 0.407 e. The Hall–Kier alpha value is -0.420. The molecular formula is C12H26N2O2S. The molecule has 0 heterocycles. The van der Waals surface area contributed by atoms with E-state index in [0.29, 0.717) is 12.6 Å². The number of carbonyl (C=O) groups is 1. The molecule has 4 nitrogen and oxygen atoms in total. The normalized spacial score (nSPS) is 13.2. The fraction of sp³-hybridized carbons (Fsp3) is 0.917. The fourth-order valence-electron chi connectivity index (χ4n) is 1.19. The number of amides is 1. The van der Waals surface area contributed by atoms with Gasteiger partial charge >= 0.3 is 6.09 Å². The number of carbonyl (C=O) groups excluding carboxylic acids is 1. The van der Waals surface area contributed by atoms with Crippen molar-refractivity contribution < 1.29 is 9.53 Å². The summed E-state index contributed by atoms with van der Waals surface area (Å²) in [6.07, 6.45) is 2.90. The van der Waals surface area contributed by atoms with Crippen LogP contribution in [0.1, 0.15) is 34.1 Å². The van der Waals surface area contributed by atoms with Gasteiger partial charge in [0, 0.05) is 19.1 Å². The van der Waals surface area contributed by atoms with Gasteiger partial charge in [-0.3, -0.25) is 0 Å². The van der Waals surface area contributed by atoms with Crippen LogP contribution in [-0.4, -0.2) is 42.8 Å². The van der Waals surface area contributed by atoms with Crippen molar-refractivity contribution in [2.24, 2.45) is 0 Å². The summed E-state index contributed by atoms with van der Waals surface area (Å²) >= 11 is 1.85. The lowest BCUT2D eigenvalue weighted by molar-refractivity contribution is 0.0528. The van der Waals surface area contributed by atoms with Crippen LogP contribution in [0.15, 0.2) is 0 Å². The molecule has 2 N–H and O–H groups in total. The smallest absolute Gasteiger partial charge is 0.407 e. The second-order valence-electron chi connectivity index (χ2n) is 5.07. The number of nitrogens with one attached hydrogen (secondary N) is 2. The van der Waals surface area contributed by atoms with Gasteiger partial charge in [-0.2, -0.15) is 11.8 Å². The van der Waals surface area contributed by atoms with E-state index in [1.807, 2.05) is 32.5 Å². The minimum Gasteiger partial charge on any atom is -0.444 e. The Kier molecular flexibility index (Phi) is 8.43. The third-order valence-corrected chi connectivity index (χ3v) is 2.68. The molecule has 0 bridgehead atoms. The Morgan fingerprint density at radius 1 is 1.35 bits per heavy atom. The summed E-state index contributed by atoms with van der Waals surface area (Å²) in [7, 11) is 0. The summed E-state index contributed by atoms with van der Waals surface area (Å²) in [6.45, 7) is 9.09. The van der Waals surface area contributed by atoms with Gasteiger partial charge in [-0.25, -0.2) is 4.79 Å². The third kappa shape index (κ3) is 11.8. The molecule has 0 rings (SSSR count). The van der Waals surface area contributed by atoms with Gasteiger partial charge in [-0.05, 0) is 46.1 Å². The standard InChI is InChI=1S/C12H26N2O2S/c1-10(6-9-17-5)13-7-8-14-11(15)16-12(2,3)4/h10,13H,6-9H2,1-5H3,(H,14,15). The number of alkyl carbamates (subject to hydrolysis) is 1. The number of hydrogen-bond acceptors (Lipinski definition) is 4. The van der Waals surface area contributed by atoms with Crippen molar-refractivity contribution >= 4 is 17.9 Å². The van der Waals surface area contributed by atoms with Gasteiger partial charge < -0.3 is 15.4 Å². The molecule has 1 atom stereocenters. The van der Waals surface area contributed by atoms with Crippen LogP contribution in [0.4, 0.5) is 4.79 Å². The Balaban J connectivity index is 3.48. The van der Waals surface area contributed by atoms with Gasteiger partial charge in [0.2, 0.25) is 0 Å². The van der Waals surface area contributed by atoms with Crippen molar-refractivity contribution in [3.05, 3.63) is 0 Å². The topological polar surface area (TPSA) is 50.4 Å². The zero-order valence-electron chi connectivity index (χ0n) is 11.6. The molecule has 17 heavy (non-hydrogen) atoms. The average Bonchev–Trinajstić information content (AvgIpc) is 2.19. The predicted molar refractivity (Wildman–Crippen MR) is 74.7 cm³/mol. The number of thioether (sulfide) groups is 1. The number of ether oxygens (including phenoxy) is 1. The van der Waals surface area contributed by atoms with E-state index in [1.54, 1.807) is 0 Å².